The van der Waals surface area contributed by atoms with Gasteiger partial charge in [-0.05, 0) is 48.9 Å². The van der Waals surface area contributed by atoms with E-state index in [2.05, 4.69) is 32.4 Å². The van der Waals surface area contributed by atoms with E-state index in [0.717, 1.165) is 58.5 Å². The Morgan fingerprint density at radius 2 is 1.88 bits per heavy atom. The number of alkyl halides is 1. The van der Waals surface area contributed by atoms with Crippen LogP contribution in [0.1, 0.15) is 46.7 Å². The van der Waals surface area contributed by atoms with Gasteiger partial charge in [-0.1, -0.05) is 18.2 Å². The van der Waals surface area contributed by atoms with E-state index in [1.165, 1.54) is 9.80 Å². The van der Waals surface area contributed by atoms with Crippen molar-refractivity contribution in [2.24, 2.45) is 18.7 Å². The number of methoxy groups -OCH3 is 1. The summed E-state index contributed by atoms with van der Waals surface area (Å²) in [5.41, 5.74) is 11.9. The number of likely N-dealkylation sites (tertiary alicyclic amines) is 2. The minimum atomic E-state index is -1.17. The van der Waals surface area contributed by atoms with Gasteiger partial charge in [0.2, 0.25) is 0 Å². The van der Waals surface area contributed by atoms with Gasteiger partial charge in [0.05, 0.1) is 43.1 Å². The Morgan fingerprint density at radius 3 is 2.56 bits per heavy atom. The van der Waals surface area contributed by atoms with Crippen LogP contribution in [0, 0.1) is 5.92 Å². The molecule has 0 unspecified atom stereocenters. The molecule has 8 rings (SSSR count). The predicted molar refractivity (Wildman–Crippen MR) is 178 cm³/mol. The standard InChI is InChI=1S/C35H39FN8O4/c1-40-13-21(12-38-40)15-44-32-28(8-23(10-30(32)48-2)34(45)41-18-25(36)11-26(37)19-41)39-33(44)29-9-22-4-3-5-27(24-16-42(17-24)35(46)47)31(22)43(29)14-20-6-7-20/h3-5,8-10,12-13,20,24-26H,6-7,11,14-19,37H2,1-2H3,(H,46,47)/t25-,26-/m1/s1. The second-order valence-corrected chi connectivity index (χ2v) is 13.6. The van der Waals surface area contributed by atoms with Gasteiger partial charge in [0.25, 0.3) is 5.91 Å². The maximum absolute atomic E-state index is 14.4. The highest BCUT2D eigenvalue weighted by Gasteiger charge is 2.35. The van der Waals surface area contributed by atoms with E-state index in [9.17, 15) is 19.1 Å². The van der Waals surface area contributed by atoms with Crippen LogP contribution in [0.15, 0.2) is 48.8 Å². The fourth-order valence-electron chi connectivity index (χ4n) is 7.47. The summed E-state index contributed by atoms with van der Waals surface area (Å²) < 4.78 is 26.6. The Morgan fingerprint density at radius 1 is 1.06 bits per heavy atom. The molecule has 1 saturated carbocycles. The maximum Gasteiger partial charge on any atom is 0.407 e. The molecular weight excluding hydrogens is 615 g/mol. The van der Waals surface area contributed by atoms with E-state index in [1.54, 1.807) is 23.9 Å². The summed E-state index contributed by atoms with van der Waals surface area (Å²) in [6.07, 6.45) is 4.29. The zero-order chi connectivity index (χ0) is 33.3. The predicted octanol–water partition coefficient (Wildman–Crippen LogP) is 4.45. The van der Waals surface area contributed by atoms with Crippen molar-refractivity contribution in [2.75, 3.05) is 33.3 Å². The molecule has 5 heterocycles. The van der Waals surface area contributed by atoms with Crippen molar-refractivity contribution in [3.8, 4) is 17.3 Å². The van der Waals surface area contributed by atoms with Crippen molar-refractivity contribution in [1.29, 1.82) is 0 Å². The van der Waals surface area contributed by atoms with Crippen LogP contribution in [0.5, 0.6) is 5.75 Å². The number of halogens is 1. The van der Waals surface area contributed by atoms with Crippen LogP contribution >= 0.6 is 0 Å². The van der Waals surface area contributed by atoms with Crippen molar-refractivity contribution >= 4 is 33.9 Å². The Balaban J connectivity index is 1.30. The second kappa shape index (κ2) is 11.7. The van der Waals surface area contributed by atoms with E-state index in [0.29, 0.717) is 42.4 Å². The molecule has 1 aliphatic carbocycles. The van der Waals surface area contributed by atoms with Gasteiger partial charge in [-0.3, -0.25) is 9.48 Å². The number of piperidine rings is 1. The molecule has 2 aliphatic heterocycles. The number of nitrogens with two attached hydrogens (primary N) is 1. The van der Waals surface area contributed by atoms with Gasteiger partial charge in [-0.15, -0.1) is 0 Å². The highest BCUT2D eigenvalue weighted by molar-refractivity contribution is 6.00. The van der Waals surface area contributed by atoms with E-state index < -0.39 is 18.3 Å². The van der Waals surface area contributed by atoms with Gasteiger partial charge in [0.1, 0.15) is 17.4 Å². The first-order valence-corrected chi connectivity index (χ1v) is 16.5. The van der Waals surface area contributed by atoms with Crippen molar-refractivity contribution in [3.05, 3.63) is 65.5 Å². The average molecular weight is 655 g/mol. The molecule has 250 valence electrons. The molecule has 3 aliphatic rings. The summed E-state index contributed by atoms with van der Waals surface area (Å²) in [4.78, 5) is 33.5. The summed E-state index contributed by atoms with van der Waals surface area (Å²) in [7, 11) is 3.46. The van der Waals surface area contributed by atoms with E-state index >= 15 is 0 Å². The summed E-state index contributed by atoms with van der Waals surface area (Å²) in [5, 5.41) is 15.0. The quantitative estimate of drug-likeness (QED) is 0.252. The van der Waals surface area contributed by atoms with Crippen molar-refractivity contribution in [1.82, 2.24) is 33.7 Å². The third-order valence-corrected chi connectivity index (χ3v) is 10.0. The van der Waals surface area contributed by atoms with E-state index in [1.807, 2.05) is 25.5 Å². The zero-order valence-corrected chi connectivity index (χ0v) is 27.0. The van der Waals surface area contributed by atoms with Gasteiger partial charge >= 0.3 is 6.09 Å². The van der Waals surface area contributed by atoms with Crippen molar-refractivity contribution in [2.45, 2.75) is 50.5 Å². The summed E-state index contributed by atoms with van der Waals surface area (Å²) in [6.45, 7) is 2.51. The lowest BCUT2D eigenvalue weighted by Crippen LogP contribution is -2.50. The number of ether oxygens (including phenoxy) is 1. The number of aromatic nitrogens is 5. The monoisotopic (exact) mass is 654 g/mol. The number of carbonyl (C=O) groups excluding carboxylic acids is 1. The van der Waals surface area contributed by atoms with Gasteiger partial charge in [-0.25, -0.2) is 14.2 Å². The molecule has 3 N–H and O–H groups in total. The summed E-state index contributed by atoms with van der Waals surface area (Å²) in [5.74, 6) is 1.57. The minimum absolute atomic E-state index is 0.00239. The van der Waals surface area contributed by atoms with Crippen LogP contribution in [0.2, 0.25) is 0 Å². The first-order valence-electron chi connectivity index (χ1n) is 16.5. The van der Waals surface area contributed by atoms with Crippen molar-refractivity contribution in [3.63, 3.8) is 0 Å². The third-order valence-electron chi connectivity index (χ3n) is 10.0. The number of hydrogen-bond donors (Lipinski definition) is 2. The molecule has 3 fully saturated rings. The maximum atomic E-state index is 14.4. The average Bonchev–Trinajstić information content (AvgIpc) is 3.47. The third kappa shape index (κ3) is 5.35. The topological polar surface area (TPSA) is 137 Å². The SMILES string of the molecule is COc1cc(C(=O)N2C[C@H](N)C[C@@H](F)C2)cc2nc(-c3cc4cccc(C5CN(C(=O)O)C5)c4n3CC3CC3)n(Cc3cnn(C)c3)c12. The summed E-state index contributed by atoms with van der Waals surface area (Å²) in [6, 6.07) is 11.5. The van der Waals surface area contributed by atoms with Crippen LogP contribution < -0.4 is 10.5 Å². The fraction of sp³-hybridized carbons (Fsp3) is 0.429. The highest BCUT2D eigenvalue weighted by atomic mass is 19.1. The molecule has 13 heteroatoms. The van der Waals surface area contributed by atoms with Gasteiger partial charge in [-0.2, -0.15) is 5.10 Å². The number of fused-ring (bicyclic) bond motifs is 2. The molecule has 12 nitrogen and oxygen atoms in total. The first-order chi connectivity index (χ1) is 23.2. The Hall–Kier alpha value is -4.91. The lowest BCUT2D eigenvalue weighted by atomic mass is 9.90. The fourth-order valence-corrected chi connectivity index (χ4v) is 7.47. The molecule has 2 atom stereocenters. The smallest absolute Gasteiger partial charge is 0.407 e. The van der Waals surface area contributed by atoms with E-state index in [4.69, 9.17) is 15.5 Å². The number of rotatable bonds is 8. The number of nitrogens with zero attached hydrogens (tertiary/aromatic N) is 7. The lowest BCUT2D eigenvalue weighted by molar-refractivity contribution is 0.0606. The largest absolute Gasteiger partial charge is 0.494 e. The number of amides is 2. The van der Waals surface area contributed by atoms with Gasteiger partial charge < -0.3 is 34.5 Å². The number of carbonyl (C=O) groups is 2. The van der Waals surface area contributed by atoms with E-state index in [-0.39, 0.29) is 31.3 Å². The van der Waals surface area contributed by atoms with Crippen LogP contribution in [-0.2, 0) is 20.1 Å². The second-order valence-electron chi connectivity index (χ2n) is 13.6. The molecule has 0 radical (unpaired) electrons. The lowest BCUT2D eigenvalue weighted by Gasteiger charge is -2.37. The van der Waals surface area contributed by atoms with Gasteiger partial charge in [0.15, 0.2) is 5.82 Å². The number of hydrogen-bond acceptors (Lipinski definition) is 6. The number of benzene rings is 2. The Bertz CT molecular complexity index is 2050. The molecule has 2 amide bonds. The molecular formula is C35H39FN8O4. The number of imidazole rings is 1. The van der Waals surface area contributed by atoms with Gasteiger partial charge in [0, 0.05) is 67.9 Å². The van der Waals surface area contributed by atoms with Crippen LogP contribution in [0.4, 0.5) is 9.18 Å². The molecule has 0 bridgehead atoms. The first kappa shape index (κ1) is 30.4. The molecule has 48 heavy (non-hydrogen) atoms. The number of para-hydroxylation sites is 1. The number of aryl methyl sites for hydroxylation is 1. The van der Waals surface area contributed by atoms with Crippen LogP contribution in [0.25, 0.3) is 33.5 Å². The molecule has 0 spiro atoms. The van der Waals surface area contributed by atoms with Crippen LogP contribution in [0.3, 0.4) is 0 Å². The molecule has 2 aromatic carbocycles. The van der Waals surface area contributed by atoms with Crippen molar-refractivity contribution < 1.29 is 23.8 Å². The normalized spacial score (nSPS) is 20.1. The minimum Gasteiger partial charge on any atom is -0.494 e. The van der Waals surface area contributed by atoms with Crippen LogP contribution in [-0.4, -0.2) is 96.3 Å². The Labute approximate surface area is 276 Å². The highest BCUT2D eigenvalue weighted by Crippen LogP contribution is 2.41. The Kier molecular flexibility index (Phi) is 7.39. The molecule has 2 saturated heterocycles. The summed E-state index contributed by atoms with van der Waals surface area (Å²) >= 11 is 0. The number of carboxylic acid groups (broad SMARTS) is 1. The molecule has 5 aromatic rings. The zero-order valence-electron chi connectivity index (χ0n) is 27.0. The molecule has 3 aromatic heterocycles.